The first-order chi connectivity index (χ1) is 7.94. The van der Waals surface area contributed by atoms with Gasteiger partial charge in [0.2, 0.25) is 0 Å². The molecule has 0 radical (unpaired) electrons. The number of sulfone groups is 1. The van der Waals surface area contributed by atoms with Gasteiger partial charge in [-0.1, -0.05) is 0 Å². The van der Waals surface area contributed by atoms with Gasteiger partial charge in [-0.05, 0) is 13.3 Å². The highest BCUT2D eigenvalue weighted by molar-refractivity contribution is 7.90. The van der Waals surface area contributed by atoms with Crippen LogP contribution in [0.3, 0.4) is 0 Å². The van der Waals surface area contributed by atoms with Gasteiger partial charge in [-0.2, -0.15) is 0 Å². The zero-order chi connectivity index (χ0) is 12.9. The van der Waals surface area contributed by atoms with E-state index in [2.05, 4.69) is 20.6 Å². The van der Waals surface area contributed by atoms with Crippen molar-refractivity contribution in [2.24, 2.45) is 0 Å². The lowest BCUT2D eigenvalue weighted by Crippen LogP contribution is -2.12. The average Bonchev–Trinajstić information content (AvgIpc) is 2.25. The van der Waals surface area contributed by atoms with E-state index in [-0.39, 0.29) is 5.75 Å². The van der Waals surface area contributed by atoms with Crippen molar-refractivity contribution in [2.75, 3.05) is 36.2 Å². The fraction of sp³-hybridized carbons (Fsp3) is 0.600. The molecule has 1 heterocycles. The van der Waals surface area contributed by atoms with Crippen molar-refractivity contribution in [3.05, 3.63) is 11.9 Å². The summed E-state index contributed by atoms with van der Waals surface area (Å²) in [4.78, 5) is 8.18. The summed E-state index contributed by atoms with van der Waals surface area (Å²) < 4.78 is 21.9. The van der Waals surface area contributed by atoms with Gasteiger partial charge in [-0.15, -0.1) is 0 Å². The lowest BCUT2D eigenvalue weighted by atomic mass is 10.3. The van der Waals surface area contributed by atoms with E-state index >= 15 is 0 Å². The minimum atomic E-state index is -2.89. The van der Waals surface area contributed by atoms with Gasteiger partial charge in [-0.3, -0.25) is 0 Å². The maximum atomic E-state index is 10.9. The number of hydrogen-bond acceptors (Lipinski definition) is 6. The van der Waals surface area contributed by atoms with Gasteiger partial charge in [0.25, 0.3) is 0 Å². The van der Waals surface area contributed by atoms with Crippen molar-refractivity contribution in [3.8, 4) is 0 Å². The molecule has 0 aliphatic rings. The molecule has 0 aromatic carbocycles. The molecule has 0 fully saturated rings. The summed E-state index contributed by atoms with van der Waals surface area (Å²) in [6, 6.07) is 0. The van der Waals surface area contributed by atoms with Gasteiger partial charge in [0.05, 0.1) is 5.75 Å². The van der Waals surface area contributed by atoms with Gasteiger partial charge in [0.1, 0.15) is 27.8 Å². The highest BCUT2D eigenvalue weighted by Crippen LogP contribution is 2.17. The second kappa shape index (κ2) is 5.81. The second-order valence-corrected chi connectivity index (χ2v) is 6.12. The van der Waals surface area contributed by atoms with Crippen molar-refractivity contribution in [2.45, 2.75) is 13.3 Å². The molecular formula is C10H18N4O2S. The lowest BCUT2D eigenvalue weighted by Gasteiger charge is -2.10. The maximum Gasteiger partial charge on any atom is 0.147 e. The number of anilines is 2. The fourth-order valence-corrected chi connectivity index (χ4v) is 2.09. The van der Waals surface area contributed by atoms with E-state index in [4.69, 9.17) is 0 Å². The fourth-order valence-electron chi connectivity index (χ4n) is 1.42. The van der Waals surface area contributed by atoms with Crippen LogP contribution in [0.4, 0.5) is 11.6 Å². The molecule has 2 N–H and O–H groups in total. The van der Waals surface area contributed by atoms with Crippen LogP contribution in [-0.4, -0.2) is 44.0 Å². The number of rotatable bonds is 6. The molecule has 0 aliphatic carbocycles. The quantitative estimate of drug-likeness (QED) is 0.730. The predicted molar refractivity (Wildman–Crippen MR) is 69.1 cm³/mol. The minimum absolute atomic E-state index is 0.184. The third-order valence-corrected chi connectivity index (χ3v) is 3.34. The van der Waals surface area contributed by atoms with Gasteiger partial charge < -0.3 is 10.6 Å². The van der Waals surface area contributed by atoms with Crippen LogP contribution in [-0.2, 0) is 9.84 Å². The van der Waals surface area contributed by atoms with Gasteiger partial charge in [-0.25, -0.2) is 18.4 Å². The highest BCUT2D eigenvalue weighted by Gasteiger charge is 2.05. The van der Waals surface area contributed by atoms with Crippen molar-refractivity contribution >= 4 is 21.5 Å². The Hall–Kier alpha value is -1.37. The average molecular weight is 258 g/mol. The van der Waals surface area contributed by atoms with Gasteiger partial charge >= 0.3 is 0 Å². The maximum absolute atomic E-state index is 10.9. The predicted octanol–water partition coefficient (Wildman–Crippen LogP) is 0.673. The molecule has 96 valence electrons. The topological polar surface area (TPSA) is 84.0 Å². The van der Waals surface area contributed by atoms with Crippen LogP contribution >= 0.6 is 0 Å². The molecule has 1 aromatic rings. The van der Waals surface area contributed by atoms with Gasteiger partial charge in [0.15, 0.2) is 0 Å². The van der Waals surface area contributed by atoms with Crippen molar-refractivity contribution in [3.63, 3.8) is 0 Å². The Balaban J connectivity index is 2.52. The third kappa shape index (κ3) is 4.56. The van der Waals surface area contributed by atoms with Crippen molar-refractivity contribution in [1.82, 2.24) is 9.97 Å². The summed E-state index contributed by atoms with van der Waals surface area (Å²) in [5.41, 5.74) is 0.925. The molecule has 0 bridgehead atoms. The van der Waals surface area contributed by atoms with Crippen LogP contribution in [0, 0.1) is 6.92 Å². The second-order valence-electron chi connectivity index (χ2n) is 3.86. The van der Waals surface area contributed by atoms with Gasteiger partial charge in [0, 0.05) is 25.4 Å². The molecule has 0 saturated carbocycles. The van der Waals surface area contributed by atoms with Crippen LogP contribution in [0.2, 0.25) is 0 Å². The first-order valence-electron chi connectivity index (χ1n) is 5.35. The summed E-state index contributed by atoms with van der Waals surface area (Å²) in [7, 11) is -1.09. The molecule has 1 aromatic heterocycles. The third-order valence-electron chi connectivity index (χ3n) is 2.31. The van der Waals surface area contributed by atoms with E-state index in [0.717, 1.165) is 17.2 Å². The summed E-state index contributed by atoms with van der Waals surface area (Å²) in [5.74, 6) is 1.69. The minimum Gasteiger partial charge on any atom is -0.373 e. The van der Waals surface area contributed by atoms with E-state index in [1.807, 2.05) is 6.92 Å². The Morgan fingerprint density at radius 3 is 2.53 bits per heavy atom. The zero-order valence-electron chi connectivity index (χ0n) is 10.3. The van der Waals surface area contributed by atoms with Crippen molar-refractivity contribution in [1.29, 1.82) is 0 Å². The highest BCUT2D eigenvalue weighted by atomic mass is 32.2. The molecule has 0 spiro atoms. The Bertz CT molecular complexity index is 473. The molecule has 7 heteroatoms. The first-order valence-corrected chi connectivity index (χ1v) is 7.41. The van der Waals surface area contributed by atoms with Crippen LogP contribution < -0.4 is 10.6 Å². The monoisotopic (exact) mass is 258 g/mol. The van der Waals surface area contributed by atoms with Crippen LogP contribution in [0.5, 0.6) is 0 Å². The number of hydrogen-bond donors (Lipinski definition) is 2. The molecule has 0 atom stereocenters. The SMILES string of the molecule is CNc1ncnc(NCCCS(C)(=O)=O)c1C. The number of aromatic nitrogens is 2. The smallest absolute Gasteiger partial charge is 0.147 e. The summed E-state index contributed by atoms with van der Waals surface area (Å²) in [6.45, 7) is 2.48. The normalized spacial score (nSPS) is 11.2. The first kappa shape index (κ1) is 13.7. The number of nitrogens with zero attached hydrogens (tertiary/aromatic N) is 2. The molecule has 1 rings (SSSR count). The zero-order valence-corrected chi connectivity index (χ0v) is 11.1. The van der Waals surface area contributed by atoms with Crippen LogP contribution in [0.1, 0.15) is 12.0 Å². The molecule has 0 aliphatic heterocycles. The summed E-state index contributed by atoms with van der Waals surface area (Å²) in [5, 5.41) is 6.07. The summed E-state index contributed by atoms with van der Waals surface area (Å²) in [6.07, 6.45) is 3.27. The standard InChI is InChI=1S/C10H18N4O2S/c1-8-9(11-2)13-7-14-10(8)12-5-4-6-17(3,15)16/h7H,4-6H2,1-3H3,(H2,11,12,13,14). The van der Waals surface area contributed by atoms with E-state index < -0.39 is 9.84 Å². The Labute approximate surface area is 102 Å². The van der Waals surface area contributed by atoms with Crippen LogP contribution in [0.25, 0.3) is 0 Å². The Kier molecular flexibility index (Phi) is 4.68. The van der Waals surface area contributed by atoms with E-state index in [1.54, 1.807) is 7.05 Å². The van der Waals surface area contributed by atoms with E-state index in [1.165, 1.54) is 12.6 Å². The molecule has 0 unspecified atom stereocenters. The number of nitrogens with one attached hydrogen (secondary N) is 2. The van der Waals surface area contributed by atoms with Crippen LogP contribution in [0.15, 0.2) is 6.33 Å². The molecule has 6 nitrogen and oxygen atoms in total. The van der Waals surface area contributed by atoms with E-state index in [9.17, 15) is 8.42 Å². The van der Waals surface area contributed by atoms with Crippen molar-refractivity contribution < 1.29 is 8.42 Å². The lowest BCUT2D eigenvalue weighted by molar-refractivity contribution is 0.600. The molecule has 0 saturated heterocycles. The Morgan fingerprint density at radius 1 is 1.29 bits per heavy atom. The summed E-state index contributed by atoms with van der Waals surface area (Å²) >= 11 is 0. The molecule has 0 amide bonds. The molecular weight excluding hydrogens is 240 g/mol. The Morgan fingerprint density at radius 2 is 1.94 bits per heavy atom. The largest absolute Gasteiger partial charge is 0.373 e. The molecule has 17 heavy (non-hydrogen) atoms. The van der Waals surface area contributed by atoms with E-state index in [0.29, 0.717) is 13.0 Å².